The highest BCUT2D eigenvalue weighted by atomic mass is 16.5. The first-order valence-electron chi connectivity index (χ1n) is 12.6. The molecule has 2 bridgehead atoms. The summed E-state index contributed by atoms with van der Waals surface area (Å²) in [6.07, 6.45) is 10.9. The monoisotopic (exact) mass is 448 g/mol. The van der Waals surface area contributed by atoms with Crippen LogP contribution in [0.5, 0.6) is 0 Å². The van der Waals surface area contributed by atoms with Gasteiger partial charge in [0.05, 0.1) is 5.41 Å². The summed E-state index contributed by atoms with van der Waals surface area (Å²) < 4.78 is 6.20. The fourth-order valence-electron chi connectivity index (χ4n) is 8.67. The van der Waals surface area contributed by atoms with Gasteiger partial charge in [0.2, 0.25) is 0 Å². The molecule has 0 saturated heterocycles. The van der Waals surface area contributed by atoms with Gasteiger partial charge in [0, 0.05) is 11.5 Å². The summed E-state index contributed by atoms with van der Waals surface area (Å²) in [6, 6.07) is 9.78. The summed E-state index contributed by atoms with van der Waals surface area (Å²) >= 11 is 0. The third kappa shape index (κ3) is 3.32. The summed E-state index contributed by atoms with van der Waals surface area (Å²) in [6.45, 7) is 8.74. The highest BCUT2D eigenvalue weighted by Gasteiger charge is 2.68. The molecule has 0 unspecified atom stereocenters. The van der Waals surface area contributed by atoms with Gasteiger partial charge >= 0.3 is 11.9 Å². The molecule has 1 aromatic rings. The van der Waals surface area contributed by atoms with E-state index in [9.17, 15) is 14.7 Å². The van der Waals surface area contributed by atoms with E-state index in [1.807, 2.05) is 37.3 Å². The molecule has 33 heavy (non-hydrogen) atoms. The number of aliphatic carboxylic acids is 1. The Hall–Kier alpha value is -2.36. The van der Waals surface area contributed by atoms with Crippen molar-refractivity contribution < 1.29 is 19.4 Å². The zero-order chi connectivity index (χ0) is 23.4. The van der Waals surface area contributed by atoms with Crippen LogP contribution < -0.4 is 0 Å². The Kier molecular flexibility index (Phi) is 5.34. The van der Waals surface area contributed by atoms with E-state index in [1.54, 1.807) is 6.08 Å². The van der Waals surface area contributed by atoms with Crippen molar-refractivity contribution in [2.24, 2.45) is 34.0 Å². The summed E-state index contributed by atoms with van der Waals surface area (Å²) in [4.78, 5) is 25.3. The van der Waals surface area contributed by atoms with Crippen molar-refractivity contribution >= 4 is 18.0 Å². The summed E-state index contributed by atoms with van der Waals surface area (Å²) in [7, 11) is 0. The van der Waals surface area contributed by atoms with Gasteiger partial charge in [-0.2, -0.15) is 0 Å². The van der Waals surface area contributed by atoms with E-state index in [0.29, 0.717) is 11.8 Å². The van der Waals surface area contributed by atoms with Crippen LogP contribution in [0.15, 0.2) is 48.6 Å². The second-order valence-corrected chi connectivity index (χ2v) is 11.6. The number of hydrogen-bond donors (Lipinski definition) is 1. The maximum atomic E-state index is 12.9. The van der Waals surface area contributed by atoms with Crippen LogP contribution in [0.1, 0.15) is 70.8 Å². The van der Waals surface area contributed by atoms with Crippen LogP contribution >= 0.6 is 0 Å². The van der Waals surface area contributed by atoms with E-state index in [0.717, 1.165) is 62.5 Å². The molecule has 1 aromatic carbocycles. The van der Waals surface area contributed by atoms with E-state index in [4.69, 9.17) is 4.74 Å². The molecule has 4 saturated carbocycles. The Bertz CT molecular complexity index is 996. The average Bonchev–Trinajstić information content (AvgIpc) is 2.98. The molecular weight excluding hydrogens is 412 g/mol. The van der Waals surface area contributed by atoms with Crippen molar-refractivity contribution in [2.45, 2.75) is 71.3 Å². The Labute approximate surface area is 197 Å². The number of esters is 1. The Morgan fingerprint density at radius 1 is 1.06 bits per heavy atom. The third-order valence-electron chi connectivity index (χ3n) is 10.1. The summed E-state index contributed by atoms with van der Waals surface area (Å²) in [5, 5.41) is 10.2. The van der Waals surface area contributed by atoms with Crippen LogP contribution in [0.3, 0.4) is 0 Å². The number of carboxylic acids is 1. The lowest BCUT2D eigenvalue weighted by molar-refractivity contribution is -0.195. The standard InChI is InChI=1S/C29H36O4/c1-19-21-11-12-23-27(2)15-7-16-28(3,26(31)32)22(27)14-17-29(23,18-21)25(19)33-24(30)13-10-20-8-5-4-6-9-20/h4-6,8-10,13,21-23,25H,1,7,11-12,14-18H2,2-3H3,(H,31,32)/b13-10+/t21-,22+,23+,25-,27-,28-,29-/m1/s1. The van der Waals surface area contributed by atoms with E-state index < -0.39 is 11.4 Å². The molecule has 4 aliphatic carbocycles. The molecule has 0 aromatic heterocycles. The number of rotatable bonds is 4. The van der Waals surface area contributed by atoms with Crippen LogP contribution in [-0.4, -0.2) is 23.1 Å². The Balaban J connectivity index is 1.44. The molecule has 4 nitrogen and oxygen atoms in total. The second-order valence-electron chi connectivity index (χ2n) is 11.6. The number of ether oxygens (including phenoxy) is 1. The minimum absolute atomic E-state index is 0.0379. The zero-order valence-electron chi connectivity index (χ0n) is 19.9. The minimum Gasteiger partial charge on any atom is -0.481 e. The molecule has 1 spiro atoms. The highest BCUT2D eigenvalue weighted by molar-refractivity contribution is 5.87. The maximum Gasteiger partial charge on any atom is 0.331 e. The predicted octanol–water partition coefficient (Wildman–Crippen LogP) is 6.28. The van der Waals surface area contributed by atoms with Gasteiger partial charge in [0.15, 0.2) is 0 Å². The van der Waals surface area contributed by atoms with Crippen molar-refractivity contribution in [3.63, 3.8) is 0 Å². The molecular formula is C29H36O4. The summed E-state index contributed by atoms with van der Waals surface area (Å²) in [5.41, 5.74) is 1.25. The molecule has 0 amide bonds. The lowest BCUT2D eigenvalue weighted by atomic mass is 9.40. The van der Waals surface area contributed by atoms with Gasteiger partial charge in [-0.1, -0.05) is 50.3 Å². The smallest absolute Gasteiger partial charge is 0.331 e. The topological polar surface area (TPSA) is 63.6 Å². The Morgan fingerprint density at radius 2 is 1.82 bits per heavy atom. The van der Waals surface area contributed by atoms with Crippen LogP contribution in [0, 0.1) is 34.0 Å². The molecule has 0 radical (unpaired) electrons. The van der Waals surface area contributed by atoms with Crippen molar-refractivity contribution in [2.75, 3.05) is 0 Å². The SMILES string of the molecule is C=C1[C@@H]2CC[C@H]3[C@]4(C)CCC[C@@](C)(C(=O)O)[C@H]4CC[C@]3(C2)[C@@H]1OC(=O)/C=C/c1ccccc1. The van der Waals surface area contributed by atoms with E-state index in [-0.39, 0.29) is 28.8 Å². The van der Waals surface area contributed by atoms with Crippen LogP contribution in [0.25, 0.3) is 6.08 Å². The zero-order valence-corrected chi connectivity index (χ0v) is 19.9. The molecule has 0 aliphatic heterocycles. The van der Waals surface area contributed by atoms with Gasteiger partial charge in [0.1, 0.15) is 6.10 Å². The molecule has 176 valence electrons. The number of hydrogen-bond acceptors (Lipinski definition) is 3. The van der Waals surface area contributed by atoms with Crippen LogP contribution in [0.2, 0.25) is 0 Å². The van der Waals surface area contributed by atoms with E-state index in [2.05, 4.69) is 13.5 Å². The number of fused-ring (bicyclic) bond motifs is 3. The van der Waals surface area contributed by atoms with Crippen molar-refractivity contribution in [1.29, 1.82) is 0 Å². The first-order chi connectivity index (χ1) is 15.7. The lowest BCUT2D eigenvalue weighted by Gasteiger charge is -2.63. The lowest BCUT2D eigenvalue weighted by Crippen LogP contribution is -2.60. The third-order valence-corrected chi connectivity index (χ3v) is 10.1. The highest BCUT2D eigenvalue weighted by Crippen LogP contribution is 2.72. The number of carbonyl (C=O) groups excluding carboxylic acids is 1. The van der Waals surface area contributed by atoms with Crippen molar-refractivity contribution in [1.82, 2.24) is 0 Å². The molecule has 1 N–H and O–H groups in total. The molecule has 4 fully saturated rings. The predicted molar refractivity (Wildman–Crippen MR) is 128 cm³/mol. The largest absolute Gasteiger partial charge is 0.481 e. The normalized spacial score (nSPS) is 41.9. The van der Waals surface area contributed by atoms with Gasteiger partial charge in [-0.25, -0.2) is 4.79 Å². The first kappa shape index (κ1) is 22.4. The maximum absolute atomic E-state index is 12.9. The van der Waals surface area contributed by atoms with Gasteiger partial charge in [-0.15, -0.1) is 0 Å². The quantitative estimate of drug-likeness (QED) is 0.335. The molecule has 4 heteroatoms. The fourth-order valence-corrected chi connectivity index (χ4v) is 8.67. The number of carboxylic acid groups (broad SMARTS) is 1. The average molecular weight is 449 g/mol. The van der Waals surface area contributed by atoms with Crippen molar-refractivity contribution in [3.05, 3.63) is 54.1 Å². The van der Waals surface area contributed by atoms with Gasteiger partial charge in [-0.05, 0) is 92.3 Å². The van der Waals surface area contributed by atoms with E-state index >= 15 is 0 Å². The van der Waals surface area contributed by atoms with Gasteiger partial charge in [0.25, 0.3) is 0 Å². The van der Waals surface area contributed by atoms with Crippen LogP contribution in [0.4, 0.5) is 0 Å². The Morgan fingerprint density at radius 3 is 2.55 bits per heavy atom. The molecule has 0 heterocycles. The molecule has 4 aliphatic rings. The van der Waals surface area contributed by atoms with Gasteiger partial charge in [-0.3, -0.25) is 4.79 Å². The number of carbonyl (C=O) groups is 2. The van der Waals surface area contributed by atoms with Crippen molar-refractivity contribution in [3.8, 4) is 0 Å². The molecule has 5 rings (SSSR count). The summed E-state index contributed by atoms with van der Waals surface area (Å²) in [5.74, 6) is -0.00242. The first-order valence-corrected chi connectivity index (χ1v) is 12.6. The minimum atomic E-state index is -0.661. The second kappa shape index (κ2) is 7.85. The van der Waals surface area contributed by atoms with E-state index in [1.165, 1.54) is 6.08 Å². The van der Waals surface area contributed by atoms with Gasteiger partial charge < -0.3 is 9.84 Å². The molecule has 7 atom stereocenters. The van der Waals surface area contributed by atoms with Crippen LogP contribution in [-0.2, 0) is 14.3 Å². The fraction of sp³-hybridized carbons (Fsp3) is 0.586. The number of benzene rings is 1.